The Labute approximate surface area is 132 Å². The standard InChI is InChI=1S/C15H16N4O4/c1-9-17-13(23-18-9)10-4-6-19(7-5-10)14(20)11-2-3-12(15(21)22)16-8-11/h2-3,8,10H,4-7H2,1H3,(H,21,22). The highest BCUT2D eigenvalue weighted by Gasteiger charge is 2.27. The molecule has 0 radical (unpaired) electrons. The summed E-state index contributed by atoms with van der Waals surface area (Å²) in [4.78, 5) is 32.9. The summed E-state index contributed by atoms with van der Waals surface area (Å²) in [6, 6.07) is 2.83. The van der Waals surface area contributed by atoms with Gasteiger partial charge in [-0.15, -0.1) is 0 Å². The predicted molar refractivity (Wildman–Crippen MR) is 78.1 cm³/mol. The second kappa shape index (κ2) is 6.15. The summed E-state index contributed by atoms with van der Waals surface area (Å²) in [5, 5.41) is 12.6. The van der Waals surface area contributed by atoms with Crippen molar-refractivity contribution in [3.05, 3.63) is 41.3 Å². The van der Waals surface area contributed by atoms with Crippen LogP contribution < -0.4 is 0 Å². The van der Waals surface area contributed by atoms with Crippen LogP contribution in [0.15, 0.2) is 22.9 Å². The molecule has 0 saturated carbocycles. The summed E-state index contributed by atoms with van der Waals surface area (Å²) in [5.74, 6) is 0.159. The minimum Gasteiger partial charge on any atom is -0.477 e. The van der Waals surface area contributed by atoms with E-state index < -0.39 is 5.97 Å². The maximum Gasteiger partial charge on any atom is 0.354 e. The second-order valence-corrected chi connectivity index (χ2v) is 5.48. The van der Waals surface area contributed by atoms with Gasteiger partial charge in [-0.2, -0.15) is 4.98 Å². The fraction of sp³-hybridized carbons (Fsp3) is 0.400. The molecule has 1 aliphatic rings. The van der Waals surface area contributed by atoms with Gasteiger partial charge < -0.3 is 14.5 Å². The summed E-state index contributed by atoms with van der Waals surface area (Å²) in [7, 11) is 0. The van der Waals surface area contributed by atoms with Gasteiger partial charge in [-0.25, -0.2) is 9.78 Å². The molecule has 8 nitrogen and oxygen atoms in total. The molecule has 0 spiro atoms. The Bertz CT molecular complexity index is 717. The quantitative estimate of drug-likeness (QED) is 0.913. The molecule has 1 aliphatic heterocycles. The van der Waals surface area contributed by atoms with E-state index in [9.17, 15) is 9.59 Å². The number of carbonyl (C=O) groups excluding carboxylic acids is 1. The minimum atomic E-state index is -1.11. The molecule has 23 heavy (non-hydrogen) atoms. The number of aromatic carboxylic acids is 1. The molecule has 3 heterocycles. The van der Waals surface area contributed by atoms with Gasteiger partial charge in [0.25, 0.3) is 5.91 Å². The number of amides is 1. The van der Waals surface area contributed by atoms with Crippen molar-refractivity contribution >= 4 is 11.9 Å². The molecule has 2 aromatic rings. The average Bonchev–Trinajstić information content (AvgIpc) is 3.01. The Hall–Kier alpha value is -2.77. The highest BCUT2D eigenvalue weighted by Crippen LogP contribution is 2.27. The molecule has 1 fully saturated rings. The zero-order chi connectivity index (χ0) is 16.4. The lowest BCUT2D eigenvalue weighted by Crippen LogP contribution is -2.38. The fourth-order valence-corrected chi connectivity index (χ4v) is 2.64. The number of aromatic nitrogens is 3. The molecular weight excluding hydrogens is 300 g/mol. The van der Waals surface area contributed by atoms with Crippen LogP contribution in [0.5, 0.6) is 0 Å². The summed E-state index contributed by atoms with van der Waals surface area (Å²) in [6.07, 6.45) is 2.82. The molecule has 0 unspecified atom stereocenters. The molecule has 1 amide bonds. The van der Waals surface area contributed by atoms with Crippen LogP contribution in [0.1, 0.15) is 51.3 Å². The highest BCUT2D eigenvalue weighted by molar-refractivity contribution is 5.95. The molecule has 120 valence electrons. The highest BCUT2D eigenvalue weighted by atomic mass is 16.5. The lowest BCUT2D eigenvalue weighted by atomic mass is 9.96. The average molecular weight is 316 g/mol. The van der Waals surface area contributed by atoms with E-state index in [-0.39, 0.29) is 17.5 Å². The van der Waals surface area contributed by atoms with Crippen molar-refractivity contribution < 1.29 is 19.2 Å². The summed E-state index contributed by atoms with van der Waals surface area (Å²) < 4.78 is 5.19. The van der Waals surface area contributed by atoms with Crippen molar-refractivity contribution in [3.63, 3.8) is 0 Å². The zero-order valence-corrected chi connectivity index (χ0v) is 12.6. The topological polar surface area (TPSA) is 109 Å². The van der Waals surface area contributed by atoms with E-state index in [0.717, 1.165) is 12.8 Å². The SMILES string of the molecule is Cc1noc(C2CCN(C(=O)c3ccc(C(=O)O)nc3)CC2)n1. The number of rotatable bonds is 3. The van der Waals surface area contributed by atoms with Crippen LogP contribution >= 0.6 is 0 Å². The number of likely N-dealkylation sites (tertiary alicyclic amines) is 1. The van der Waals surface area contributed by atoms with Crippen LogP contribution in [-0.4, -0.2) is 50.1 Å². The van der Waals surface area contributed by atoms with E-state index in [2.05, 4.69) is 15.1 Å². The monoisotopic (exact) mass is 316 g/mol. The summed E-state index contributed by atoms with van der Waals surface area (Å²) in [6.45, 7) is 2.96. The first-order valence-electron chi connectivity index (χ1n) is 7.33. The van der Waals surface area contributed by atoms with Gasteiger partial charge in [0.15, 0.2) is 5.82 Å². The molecule has 0 aromatic carbocycles. The minimum absolute atomic E-state index is 0.0768. The molecule has 0 aliphatic carbocycles. The maximum atomic E-state index is 12.4. The van der Waals surface area contributed by atoms with Gasteiger partial charge in [0.2, 0.25) is 5.89 Å². The van der Waals surface area contributed by atoms with Crippen molar-refractivity contribution in [3.8, 4) is 0 Å². The molecule has 8 heteroatoms. The number of aryl methyl sites for hydroxylation is 1. The van der Waals surface area contributed by atoms with E-state index in [0.29, 0.717) is 30.4 Å². The maximum absolute atomic E-state index is 12.4. The Morgan fingerprint density at radius 3 is 2.57 bits per heavy atom. The van der Waals surface area contributed by atoms with Crippen LogP contribution in [-0.2, 0) is 0 Å². The number of piperidine rings is 1. The predicted octanol–water partition coefficient (Wildman–Crippen LogP) is 1.49. The Kier molecular flexibility index (Phi) is 4.05. The van der Waals surface area contributed by atoms with E-state index in [1.165, 1.54) is 18.3 Å². The number of hydrogen-bond acceptors (Lipinski definition) is 6. The first kappa shape index (κ1) is 15.1. The van der Waals surface area contributed by atoms with Crippen molar-refractivity contribution in [1.82, 2.24) is 20.0 Å². The van der Waals surface area contributed by atoms with E-state index in [1.54, 1.807) is 11.8 Å². The number of carbonyl (C=O) groups is 2. The van der Waals surface area contributed by atoms with Gasteiger partial charge in [0.05, 0.1) is 5.56 Å². The number of pyridine rings is 1. The largest absolute Gasteiger partial charge is 0.477 e. The zero-order valence-electron chi connectivity index (χ0n) is 12.6. The Morgan fingerprint density at radius 2 is 2.04 bits per heavy atom. The molecule has 0 atom stereocenters. The van der Waals surface area contributed by atoms with Gasteiger partial charge >= 0.3 is 5.97 Å². The van der Waals surface area contributed by atoms with Crippen molar-refractivity contribution in [2.45, 2.75) is 25.7 Å². The normalized spacial score (nSPS) is 15.6. The lowest BCUT2D eigenvalue weighted by Gasteiger charge is -2.30. The van der Waals surface area contributed by atoms with Gasteiger partial charge in [0, 0.05) is 25.2 Å². The van der Waals surface area contributed by atoms with Crippen LogP contribution in [0.2, 0.25) is 0 Å². The molecule has 2 aromatic heterocycles. The number of carboxylic acid groups (broad SMARTS) is 1. The second-order valence-electron chi connectivity index (χ2n) is 5.48. The number of hydrogen-bond donors (Lipinski definition) is 1. The summed E-state index contributed by atoms with van der Waals surface area (Å²) in [5.41, 5.74) is 0.314. The Balaban J connectivity index is 1.62. The molecular formula is C15H16N4O4. The van der Waals surface area contributed by atoms with Crippen LogP contribution in [0.25, 0.3) is 0 Å². The fourth-order valence-electron chi connectivity index (χ4n) is 2.64. The lowest BCUT2D eigenvalue weighted by molar-refractivity contribution is 0.0681. The first-order valence-corrected chi connectivity index (χ1v) is 7.33. The molecule has 1 saturated heterocycles. The van der Waals surface area contributed by atoms with E-state index in [4.69, 9.17) is 9.63 Å². The molecule has 3 rings (SSSR count). The molecule has 1 N–H and O–H groups in total. The number of carboxylic acids is 1. The van der Waals surface area contributed by atoms with Gasteiger partial charge in [0.1, 0.15) is 5.69 Å². The van der Waals surface area contributed by atoms with Crippen molar-refractivity contribution in [1.29, 1.82) is 0 Å². The van der Waals surface area contributed by atoms with Gasteiger partial charge in [-0.3, -0.25) is 4.79 Å². The Morgan fingerprint density at radius 1 is 1.30 bits per heavy atom. The smallest absolute Gasteiger partial charge is 0.354 e. The van der Waals surface area contributed by atoms with Gasteiger partial charge in [-0.1, -0.05) is 5.16 Å². The molecule has 0 bridgehead atoms. The van der Waals surface area contributed by atoms with E-state index >= 15 is 0 Å². The third kappa shape index (κ3) is 3.20. The van der Waals surface area contributed by atoms with Crippen molar-refractivity contribution in [2.24, 2.45) is 0 Å². The van der Waals surface area contributed by atoms with E-state index in [1.807, 2.05) is 0 Å². The number of nitrogens with zero attached hydrogens (tertiary/aromatic N) is 4. The first-order chi connectivity index (χ1) is 11.0. The van der Waals surface area contributed by atoms with Crippen LogP contribution in [0, 0.1) is 6.92 Å². The van der Waals surface area contributed by atoms with Crippen molar-refractivity contribution in [2.75, 3.05) is 13.1 Å². The van der Waals surface area contributed by atoms with Crippen LogP contribution in [0.3, 0.4) is 0 Å². The summed E-state index contributed by atoms with van der Waals surface area (Å²) >= 11 is 0. The van der Waals surface area contributed by atoms with Gasteiger partial charge in [-0.05, 0) is 31.9 Å². The third-order valence-electron chi connectivity index (χ3n) is 3.90. The third-order valence-corrected chi connectivity index (χ3v) is 3.90. The van der Waals surface area contributed by atoms with Crippen LogP contribution in [0.4, 0.5) is 0 Å².